The van der Waals surface area contributed by atoms with Crippen LogP contribution in [-0.4, -0.2) is 23.6 Å². The monoisotopic (exact) mass is 246 g/mol. The molecule has 0 aromatic heterocycles. The second-order valence-electron chi connectivity index (χ2n) is 4.75. The van der Waals surface area contributed by atoms with E-state index >= 15 is 0 Å². The van der Waals surface area contributed by atoms with Crippen LogP contribution in [0.1, 0.15) is 25.0 Å². The third kappa shape index (κ3) is 2.58. The number of hydrogen-bond donors (Lipinski definition) is 0. The Kier molecular flexibility index (Phi) is 3.63. The molecule has 0 radical (unpaired) electrons. The van der Waals surface area contributed by atoms with Crippen molar-refractivity contribution in [3.05, 3.63) is 29.3 Å². The van der Waals surface area contributed by atoms with Gasteiger partial charge in [0.15, 0.2) is 0 Å². The SMILES string of the molecule is Cc1cccc(C#N)c1N1CC(C)SC(C)C1. The summed E-state index contributed by atoms with van der Waals surface area (Å²) in [5.74, 6) is 0. The molecule has 2 atom stereocenters. The minimum atomic E-state index is 0.630. The molecule has 2 nitrogen and oxygen atoms in total. The molecule has 17 heavy (non-hydrogen) atoms. The van der Waals surface area contributed by atoms with E-state index in [1.807, 2.05) is 23.9 Å². The number of thioether (sulfide) groups is 1. The highest BCUT2D eigenvalue weighted by molar-refractivity contribution is 8.00. The number of para-hydroxylation sites is 1. The molecule has 0 N–H and O–H groups in total. The first-order valence-corrected chi connectivity index (χ1v) is 6.96. The average molecular weight is 246 g/mol. The molecule has 1 aliphatic rings. The van der Waals surface area contributed by atoms with Crippen LogP contribution < -0.4 is 4.90 Å². The van der Waals surface area contributed by atoms with E-state index in [1.165, 1.54) is 5.56 Å². The van der Waals surface area contributed by atoms with Gasteiger partial charge in [-0.3, -0.25) is 0 Å². The lowest BCUT2D eigenvalue weighted by atomic mass is 10.1. The molecule has 0 bridgehead atoms. The first-order chi connectivity index (χ1) is 8.11. The zero-order valence-corrected chi connectivity index (χ0v) is 11.4. The van der Waals surface area contributed by atoms with Crippen molar-refractivity contribution in [2.75, 3.05) is 18.0 Å². The van der Waals surface area contributed by atoms with Crippen LogP contribution in [0.15, 0.2) is 18.2 Å². The van der Waals surface area contributed by atoms with Gasteiger partial charge in [-0.1, -0.05) is 26.0 Å². The van der Waals surface area contributed by atoms with Gasteiger partial charge < -0.3 is 4.90 Å². The van der Waals surface area contributed by atoms with E-state index in [1.54, 1.807) is 0 Å². The Labute approximate surface area is 108 Å². The Bertz CT molecular complexity index is 440. The van der Waals surface area contributed by atoms with Crippen molar-refractivity contribution in [1.29, 1.82) is 5.26 Å². The van der Waals surface area contributed by atoms with Gasteiger partial charge in [-0.15, -0.1) is 0 Å². The smallest absolute Gasteiger partial charge is 0.101 e. The van der Waals surface area contributed by atoms with Crippen molar-refractivity contribution in [3.63, 3.8) is 0 Å². The van der Waals surface area contributed by atoms with Crippen LogP contribution in [0.3, 0.4) is 0 Å². The Balaban J connectivity index is 2.36. The quantitative estimate of drug-likeness (QED) is 0.761. The van der Waals surface area contributed by atoms with E-state index in [0.717, 1.165) is 24.3 Å². The number of hydrogen-bond acceptors (Lipinski definition) is 3. The predicted octanol–water partition coefficient (Wildman–Crippen LogP) is 3.20. The summed E-state index contributed by atoms with van der Waals surface area (Å²) in [6, 6.07) is 8.28. The van der Waals surface area contributed by atoms with E-state index in [0.29, 0.717) is 10.5 Å². The first kappa shape index (κ1) is 12.3. The summed E-state index contributed by atoms with van der Waals surface area (Å²) in [5, 5.41) is 10.5. The maximum atomic E-state index is 9.22. The van der Waals surface area contributed by atoms with Crippen LogP contribution in [0.2, 0.25) is 0 Å². The summed E-state index contributed by atoms with van der Waals surface area (Å²) in [7, 11) is 0. The fourth-order valence-electron chi connectivity index (χ4n) is 2.53. The Morgan fingerprint density at radius 3 is 2.53 bits per heavy atom. The van der Waals surface area contributed by atoms with Gasteiger partial charge in [-0.05, 0) is 18.6 Å². The summed E-state index contributed by atoms with van der Waals surface area (Å²) >= 11 is 2.03. The zero-order chi connectivity index (χ0) is 12.4. The number of benzene rings is 1. The fraction of sp³-hybridized carbons (Fsp3) is 0.500. The van der Waals surface area contributed by atoms with Crippen LogP contribution in [-0.2, 0) is 0 Å². The second-order valence-corrected chi connectivity index (χ2v) is 6.63. The number of nitrogens with zero attached hydrogens (tertiary/aromatic N) is 2. The van der Waals surface area contributed by atoms with Gasteiger partial charge in [0, 0.05) is 23.6 Å². The van der Waals surface area contributed by atoms with Gasteiger partial charge >= 0.3 is 0 Å². The summed E-state index contributed by atoms with van der Waals surface area (Å²) in [6.45, 7) is 8.69. The fourth-order valence-corrected chi connectivity index (χ4v) is 3.85. The normalized spacial score (nSPS) is 24.5. The zero-order valence-electron chi connectivity index (χ0n) is 10.6. The maximum absolute atomic E-state index is 9.22. The van der Waals surface area contributed by atoms with Crippen LogP contribution in [0.5, 0.6) is 0 Å². The van der Waals surface area contributed by atoms with E-state index in [2.05, 4.69) is 37.8 Å². The van der Waals surface area contributed by atoms with Crippen molar-refractivity contribution < 1.29 is 0 Å². The van der Waals surface area contributed by atoms with Crippen LogP contribution in [0, 0.1) is 18.3 Å². The van der Waals surface area contributed by atoms with E-state index in [4.69, 9.17) is 0 Å². The van der Waals surface area contributed by atoms with Gasteiger partial charge in [-0.2, -0.15) is 17.0 Å². The number of anilines is 1. The highest BCUT2D eigenvalue weighted by Gasteiger charge is 2.24. The molecule has 1 saturated heterocycles. The lowest BCUT2D eigenvalue weighted by Gasteiger charge is -2.37. The van der Waals surface area contributed by atoms with Crippen LogP contribution >= 0.6 is 11.8 Å². The molecule has 0 saturated carbocycles. The molecule has 0 aliphatic carbocycles. The summed E-state index contributed by atoms with van der Waals surface area (Å²) in [6.07, 6.45) is 0. The average Bonchev–Trinajstić information content (AvgIpc) is 2.27. The Hall–Kier alpha value is -1.14. The molecule has 90 valence electrons. The van der Waals surface area contributed by atoms with Crippen molar-refractivity contribution in [2.45, 2.75) is 31.3 Å². The summed E-state index contributed by atoms with van der Waals surface area (Å²) < 4.78 is 0. The maximum Gasteiger partial charge on any atom is 0.101 e. The minimum absolute atomic E-state index is 0.630. The summed E-state index contributed by atoms with van der Waals surface area (Å²) in [4.78, 5) is 2.37. The van der Waals surface area contributed by atoms with Crippen molar-refractivity contribution >= 4 is 17.4 Å². The number of nitriles is 1. The van der Waals surface area contributed by atoms with E-state index < -0.39 is 0 Å². The second kappa shape index (κ2) is 5.01. The minimum Gasteiger partial charge on any atom is -0.368 e. The molecule has 1 heterocycles. The van der Waals surface area contributed by atoms with E-state index in [-0.39, 0.29) is 0 Å². The molecule has 0 amide bonds. The van der Waals surface area contributed by atoms with Gasteiger partial charge in [0.05, 0.1) is 11.3 Å². The third-order valence-corrected chi connectivity index (χ3v) is 4.32. The predicted molar refractivity (Wildman–Crippen MR) is 74.6 cm³/mol. The molecule has 1 aromatic carbocycles. The molecule has 1 fully saturated rings. The van der Waals surface area contributed by atoms with Crippen molar-refractivity contribution in [3.8, 4) is 6.07 Å². The lowest BCUT2D eigenvalue weighted by Crippen LogP contribution is -2.41. The van der Waals surface area contributed by atoms with Gasteiger partial charge in [-0.25, -0.2) is 0 Å². The molecular formula is C14H18N2S. The number of aryl methyl sites for hydroxylation is 1. The van der Waals surface area contributed by atoms with E-state index in [9.17, 15) is 5.26 Å². The molecular weight excluding hydrogens is 228 g/mol. The van der Waals surface area contributed by atoms with Crippen molar-refractivity contribution in [2.24, 2.45) is 0 Å². The number of rotatable bonds is 1. The van der Waals surface area contributed by atoms with Crippen LogP contribution in [0.25, 0.3) is 0 Å². The summed E-state index contributed by atoms with van der Waals surface area (Å²) in [5.41, 5.74) is 3.14. The van der Waals surface area contributed by atoms with Crippen LogP contribution in [0.4, 0.5) is 5.69 Å². The highest BCUT2D eigenvalue weighted by atomic mass is 32.2. The first-order valence-electron chi connectivity index (χ1n) is 6.02. The Morgan fingerprint density at radius 1 is 1.29 bits per heavy atom. The van der Waals surface area contributed by atoms with Gasteiger partial charge in [0.2, 0.25) is 0 Å². The van der Waals surface area contributed by atoms with Gasteiger partial charge in [0.1, 0.15) is 6.07 Å². The largest absolute Gasteiger partial charge is 0.368 e. The lowest BCUT2D eigenvalue weighted by molar-refractivity contribution is 0.725. The topological polar surface area (TPSA) is 27.0 Å². The molecule has 1 aliphatic heterocycles. The molecule has 2 rings (SSSR count). The third-order valence-electron chi connectivity index (χ3n) is 3.09. The molecule has 3 heteroatoms. The standard InChI is InChI=1S/C14H18N2S/c1-10-5-4-6-13(7-15)14(10)16-8-11(2)17-12(3)9-16/h4-6,11-12H,8-9H2,1-3H3. The highest BCUT2D eigenvalue weighted by Crippen LogP contribution is 2.32. The van der Waals surface area contributed by atoms with Crippen molar-refractivity contribution in [1.82, 2.24) is 0 Å². The Morgan fingerprint density at radius 2 is 1.94 bits per heavy atom. The molecule has 0 spiro atoms. The van der Waals surface area contributed by atoms with Gasteiger partial charge in [0.25, 0.3) is 0 Å². The molecule has 2 unspecified atom stereocenters. The molecule has 1 aromatic rings.